The van der Waals surface area contributed by atoms with Crippen LogP contribution in [0.5, 0.6) is 5.75 Å². The molecular formula is C18H25ClN4O4. The Hall–Kier alpha value is -2.32. The summed E-state index contributed by atoms with van der Waals surface area (Å²) in [6.45, 7) is 1.24. The van der Waals surface area contributed by atoms with Crippen molar-refractivity contribution in [3.63, 3.8) is 0 Å². The van der Waals surface area contributed by atoms with E-state index in [4.69, 9.17) is 22.1 Å². The van der Waals surface area contributed by atoms with E-state index in [1.807, 2.05) is 4.90 Å². The maximum Gasteiger partial charge on any atom is 0.244 e. The molecular weight excluding hydrogens is 372 g/mol. The van der Waals surface area contributed by atoms with Gasteiger partial charge in [-0.25, -0.2) is 0 Å². The summed E-state index contributed by atoms with van der Waals surface area (Å²) in [4.78, 5) is 39.2. The molecule has 1 aliphatic heterocycles. The number of piperidine rings is 1. The van der Waals surface area contributed by atoms with E-state index in [1.165, 1.54) is 12.0 Å². The van der Waals surface area contributed by atoms with E-state index in [2.05, 4.69) is 5.32 Å². The number of carbonyl (C=O) groups is 3. The number of anilines is 1. The van der Waals surface area contributed by atoms with Crippen LogP contribution in [-0.4, -0.2) is 67.9 Å². The number of nitrogens with one attached hydrogen (secondary N) is 1. The van der Waals surface area contributed by atoms with Gasteiger partial charge in [-0.15, -0.1) is 0 Å². The fourth-order valence-corrected chi connectivity index (χ4v) is 3.19. The highest BCUT2D eigenvalue weighted by molar-refractivity contribution is 6.31. The first kappa shape index (κ1) is 21.0. The van der Waals surface area contributed by atoms with Gasteiger partial charge in [0.25, 0.3) is 0 Å². The second-order valence-corrected chi connectivity index (χ2v) is 7.06. The number of benzene rings is 1. The van der Waals surface area contributed by atoms with Crippen molar-refractivity contribution in [3.8, 4) is 5.75 Å². The number of primary amides is 1. The maximum atomic E-state index is 12.4. The molecule has 1 aromatic rings. The van der Waals surface area contributed by atoms with Gasteiger partial charge in [0.1, 0.15) is 5.75 Å². The number of rotatable bonds is 7. The van der Waals surface area contributed by atoms with E-state index >= 15 is 0 Å². The monoisotopic (exact) mass is 396 g/mol. The van der Waals surface area contributed by atoms with Gasteiger partial charge in [-0.1, -0.05) is 11.6 Å². The van der Waals surface area contributed by atoms with Crippen LogP contribution < -0.4 is 15.8 Å². The molecule has 1 fully saturated rings. The molecule has 0 saturated carbocycles. The minimum Gasteiger partial charge on any atom is -0.495 e. The Balaban J connectivity index is 1.87. The van der Waals surface area contributed by atoms with Crippen LogP contribution in [0.4, 0.5) is 5.69 Å². The lowest BCUT2D eigenvalue weighted by Gasteiger charge is -2.31. The van der Waals surface area contributed by atoms with Crippen LogP contribution in [0, 0.1) is 5.92 Å². The average Bonchev–Trinajstić information content (AvgIpc) is 2.62. The molecule has 0 aliphatic carbocycles. The van der Waals surface area contributed by atoms with E-state index in [9.17, 15) is 14.4 Å². The molecule has 9 heteroatoms. The van der Waals surface area contributed by atoms with Crippen LogP contribution in [0.15, 0.2) is 18.2 Å². The highest BCUT2D eigenvalue weighted by Gasteiger charge is 2.26. The number of hydrogen-bond donors (Lipinski definition) is 2. The number of likely N-dealkylation sites (N-methyl/N-ethyl adjacent to an activating group) is 1. The van der Waals surface area contributed by atoms with Gasteiger partial charge in [-0.3, -0.25) is 19.3 Å². The van der Waals surface area contributed by atoms with Crippen LogP contribution >= 0.6 is 11.6 Å². The largest absolute Gasteiger partial charge is 0.495 e. The Bertz CT molecular complexity index is 713. The first-order valence-corrected chi connectivity index (χ1v) is 9.07. The topological polar surface area (TPSA) is 105 Å². The van der Waals surface area contributed by atoms with E-state index in [1.54, 1.807) is 25.2 Å². The Labute approximate surface area is 163 Å². The molecule has 0 radical (unpaired) electrons. The van der Waals surface area contributed by atoms with Crippen molar-refractivity contribution >= 4 is 35.0 Å². The van der Waals surface area contributed by atoms with Gasteiger partial charge in [-0.2, -0.15) is 0 Å². The summed E-state index contributed by atoms with van der Waals surface area (Å²) in [7, 11) is 3.05. The van der Waals surface area contributed by atoms with Gasteiger partial charge in [0.2, 0.25) is 17.7 Å². The number of ether oxygens (including phenoxy) is 1. The molecule has 8 nitrogen and oxygen atoms in total. The molecule has 0 aromatic heterocycles. The molecule has 1 aliphatic rings. The molecule has 1 heterocycles. The maximum absolute atomic E-state index is 12.4. The highest BCUT2D eigenvalue weighted by Crippen LogP contribution is 2.27. The van der Waals surface area contributed by atoms with Gasteiger partial charge in [0, 0.05) is 18.6 Å². The van der Waals surface area contributed by atoms with Crippen LogP contribution in [0.1, 0.15) is 12.8 Å². The molecule has 3 N–H and O–H groups in total. The lowest BCUT2D eigenvalue weighted by molar-refractivity contribution is -0.135. The van der Waals surface area contributed by atoms with Crippen molar-refractivity contribution in [2.24, 2.45) is 11.7 Å². The number of methoxy groups -OCH3 is 1. The molecule has 0 bridgehead atoms. The third-order valence-electron chi connectivity index (χ3n) is 4.51. The molecule has 0 unspecified atom stereocenters. The third-order valence-corrected chi connectivity index (χ3v) is 4.74. The predicted molar refractivity (Wildman–Crippen MR) is 103 cm³/mol. The Morgan fingerprint density at radius 3 is 2.81 bits per heavy atom. The number of likely N-dealkylation sites (tertiary alicyclic amines) is 1. The van der Waals surface area contributed by atoms with Gasteiger partial charge >= 0.3 is 0 Å². The highest BCUT2D eigenvalue weighted by atomic mass is 35.5. The van der Waals surface area contributed by atoms with Crippen molar-refractivity contribution in [1.29, 1.82) is 0 Å². The average molecular weight is 397 g/mol. The molecule has 3 amide bonds. The quantitative estimate of drug-likeness (QED) is 0.713. The number of halogens is 1. The van der Waals surface area contributed by atoms with Crippen LogP contribution in [0.25, 0.3) is 0 Å². The van der Waals surface area contributed by atoms with E-state index in [0.717, 1.165) is 19.4 Å². The fourth-order valence-electron chi connectivity index (χ4n) is 3.01. The molecule has 0 spiro atoms. The molecule has 2 rings (SSSR count). The van der Waals surface area contributed by atoms with E-state index in [0.29, 0.717) is 23.0 Å². The zero-order valence-electron chi connectivity index (χ0n) is 15.5. The second kappa shape index (κ2) is 9.57. The number of hydrogen-bond acceptors (Lipinski definition) is 5. The minimum absolute atomic E-state index is 0.110. The summed E-state index contributed by atoms with van der Waals surface area (Å²) in [5, 5.41) is 3.16. The van der Waals surface area contributed by atoms with Crippen molar-refractivity contribution in [2.45, 2.75) is 12.8 Å². The smallest absolute Gasteiger partial charge is 0.244 e. The molecule has 1 atom stereocenters. The van der Waals surface area contributed by atoms with Gasteiger partial charge in [0.05, 0.1) is 31.8 Å². The Kier molecular flexibility index (Phi) is 7.44. The fraction of sp³-hybridized carbons (Fsp3) is 0.500. The zero-order valence-corrected chi connectivity index (χ0v) is 16.3. The lowest BCUT2D eigenvalue weighted by atomic mass is 9.97. The lowest BCUT2D eigenvalue weighted by Crippen LogP contribution is -2.47. The van der Waals surface area contributed by atoms with Crippen molar-refractivity contribution in [2.75, 3.05) is 45.7 Å². The third kappa shape index (κ3) is 6.11. The molecule has 27 heavy (non-hydrogen) atoms. The summed E-state index contributed by atoms with van der Waals surface area (Å²) in [6, 6.07) is 4.89. The summed E-state index contributed by atoms with van der Waals surface area (Å²) >= 11 is 5.95. The van der Waals surface area contributed by atoms with Crippen LogP contribution in [0.3, 0.4) is 0 Å². The van der Waals surface area contributed by atoms with Crippen LogP contribution in [-0.2, 0) is 14.4 Å². The summed E-state index contributed by atoms with van der Waals surface area (Å²) in [6.07, 6.45) is 1.57. The standard InChI is InChI=1S/C18H25ClN4O4/c1-22(17(25)11-23-7-3-4-12(9-23)18(20)26)10-16(24)21-14-8-13(19)5-6-15(14)27-2/h5-6,8,12H,3-4,7,9-11H2,1-2H3,(H2,20,26)(H,21,24)/t12-/m1/s1. The zero-order chi connectivity index (χ0) is 20.0. The first-order valence-electron chi connectivity index (χ1n) is 8.69. The van der Waals surface area contributed by atoms with Gasteiger partial charge in [0.15, 0.2) is 0 Å². The molecule has 1 aromatic carbocycles. The van der Waals surface area contributed by atoms with E-state index in [-0.39, 0.29) is 36.7 Å². The SMILES string of the molecule is COc1ccc(Cl)cc1NC(=O)CN(C)C(=O)CN1CCC[C@@H](C(N)=O)C1. The van der Waals surface area contributed by atoms with E-state index < -0.39 is 0 Å². The summed E-state index contributed by atoms with van der Waals surface area (Å²) < 4.78 is 5.19. The van der Waals surface area contributed by atoms with Crippen molar-refractivity contribution < 1.29 is 19.1 Å². The number of carbonyl (C=O) groups excluding carboxylic acids is 3. The van der Waals surface area contributed by atoms with Crippen molar-refractivity contribution in [1.82, 2.24) is 9.80 Å². The number of nitrogens with zero attached hydrogens (tertiary/aromatic N) is 2. The Morgan fingerprint density at radius 1 is 1.41 bits per heavy atom. The summed E-state index contributed by atoms with van der Waals surface area (Å²) in [5.41, 5.74) is 5.80. The van der Waals surface area contributed by atoms with Crippen molar-refractivity contribution in [3.05, 3.63) is 23.2 Å². The van der Waals surface area contributed by atoms with Gasteiger partial charge in [-0.05, 0) is 37.6 Å². The van der Waals surface area contributed by atoms with Crippen LogP contribution in [0.2, 0.25) is 5.02 Å². The normalized spacial score (nSPS) is 17.2. The number of amides is 3. The summed E-state index contributed by atoms with van der Waals surface area (Å²) in [5.74, 6) is -0.647. The minimum atomic E-state index is -0.361. The molecule has 1 saturated heterocycles. The first-order chi connectivity index (χ1) is 12.8. The second-order valence-electron chi connectivity index (χ2n) is 6.62. The number of nitrogens with two attached hydrogens (primary N) is 1. The predicted octanol–water partition coefficient (Wildman–Crippen LogP) is 0.943. The molecule has 148 valence electrons. The Morgan fingerprint density at radius 2 is 2.15 bits per heavy atom. The van der Waals surface area contributed by atoms with Gasteiger partial charge < -0.3 is 20.7 Å².